The summed E-state index contributed by atoms with van der Waals surface area (Å²) in [5.41, 5.74) is -3.17. The summed E-state index contributed by atoms with van der Waals surface area (Å²) in [4.78, 5) is 25.1. The number of carbonyl (C=O) groups excluding carboxylic acids is 2. The van der Waals surface area contributed by atoms with Crippen LogP contribution in [0.2, 0.25) is 0 Å². The number of hydrogen-bond donors (Lipinski definition) is 2. The Balaban J connectivity index is 1.49. The number of benzene rings is 2. The van der Waals surface area contributed by atoms with E-state index in [4.69, 9.17) is 9.26 Å². The van der Waals surface area contributed by atoms with Gasteiger partial charge in [-0.1, -0.05) is 11.2 Å². The molecular weight excluding hydrogens is 591 g/mol. The number of aromatic nitrogens is 1. The number of anilines is 2. The number of sulfonamides is 1. The van der Waals surface area contributed by atoms with Crippen LogP contribution in [0.15, 0.2) is 64.2 Å². The van der Waals surface area contributed by atoms with Gasteiger partial charge in [-0.2, -0.15) is 13.2 Å². The maximum absolute atomic E-state index is 14.4. The molecule has 2 heterocycles. The molecule has 0 bridgehead atoms. The molecule has 0 radical (unpaired) electrons. The summed E-state index contributed by atoms with van der Waals surface area (Å²) in [6.07, 6.45) is -3.81. The van der Waals surface area contributed by atoms with Crippen LogP contribution in [0.25, 0.3) is 0 Å². The fraction of sp³-hybridized carbons (Fsp3) is 0.414. The van der Waals surface area contributed by atoms with Crippen molar-refractivity contribution in [2.75, 3.05) is 16.7 Å². The molecule has 228 valence electrons. The molecule has 2 fully saturated rings. The number of esters is 1. The Kier molecular flexibility index (Phi) is 6.84. The van der Waals surface area contributed by atoms with E-state index < -0.39 is 58.0 Å². The lowest BCUT2D eigenvalue weighted by Crippen LogP contribution is -2.56. The van der Waals surface area contributed by atoms with Crippen molar-refractivity contribution in [1.82, 2.24) is 5.16 Å². The molecule has 1 amide bonds. The summed E-state index contributed by atoms with van der Waals surface area (Å²) in [6, 6.07) is 10.5. The second-order valence-electron chi connectivity index (χ2n) is 11.4. The van der Waals surface area contributed by atoms with Crippen molar-refractivity contribution < 1.29 is 45.5 Å². The van der Waals surface area contributed by atoms with Crippen molar-refractivity contribution in [3.63, 3.8) is 0 Å². The van der Waals surface area contributed by atoms with Crippen molar-refractivity contribution in [3.05, 3.63) is 71.5 Å². The topological polar surface area (TPSA) is 139 Å². The molecule has 1 atom stereocenters. The summed E-state index contributed by atoms with van der Waals surface area (Å²) in [6.45, 7) is 0. The van der Waals surface area contributed by atoms with E-state index in [9.17, 15) is 36.3 Å². The third-order valence-electron chi connectivity index (χ3n) is 8.91. The van der Waals surface area contributed by atoms with Gasteiger partial charge in [0.2, 0.25) is 0 Å². The number of amides is 1. The Morgan fingerprint density at radius 1 is 1.07 bits per heavy atom. The fourth-order valence-corrected chi connectivity index (χ4v) is 8.42. The van der Waals surface area contributed by atoms with Gasteiger partial charge in [-0.05, 0) is 86.4 Å². The number of hydrogen-bond acceptors (Lipinski definition) is 8. The highest BCUT2D eigenvalue weighted by Gasteiger charge is 2.65. The van der Waals surface area contributed by atoms with Crippen LogP contribution < -0.4 is 9.62 Å². The van der Waals surface area contributed by atoms with Gasteiger partial charge in [0.15, 0.2) is 11.4 Å². The summed E-state index contributed by atoms with van der Waals surface area (Å²) < 4.78 is 81.2. The quantitative estimate of drug-likeness (QED) is 0.375. The first-order valence-electron chi connectivity index (χ1n) is 13.7. The zero-order valence-corrected chi connectivity index (χ0v) is 23.7. The maximum Gasteiger partial charge on any atom is 0.417 e. The zero-order valence-electron chi connectivity index (χ0n) is 22.9. The van der Waals surface area contributed by atoms with Gasteiger partial charge in [0.25, 0.3) is 15.9 Å². The molecule has 0 saturated heterocycles. The van der Waals surface area contributed by atoms with E-state index in [1.54, 1.807) is 0 Å². The minimum atomic E-state index is -4.86. The van der Waals surface area contributed by atoms with Gasteiger partial charge in [-0.3, -0.25) is 9.10 Å². The highest BCUT2D eigenvalue weighted by molar-refractivity contribution is 7.93. The minimum Gasteiger partial charge on any atom is -0.465 e. The molecule has 3 aromatic rings. The number of halogens is 3. The van der Waals surface area contributed by atoms with Crippen LogP contribution in [0.4, 0.5) is 24.7 Å². The summed E-state index contributed by atoms with van der Waals surface area (Å²) in [7, 11) is -3.18. The van der Waals surface area contributed by atoms with E-state index in [1.165, 1.54) is 66.2 Å². The zero-order chi connectivity index (χ0) is 30.8. The number of rotatable bonds is 6. The summed E-state index contributed by atoms with van der Waals surface area (Å²) in [5, 5.41) is 16.8. The molecule has 2 aliphatic carbocycles. The molecule has 1 aromatic heterocycles. The molecule has 6 rings (SSSR count). The van der Waals surface area contributed by atoms with Gasteiger partial charge in [0.1, 0.15) is 6.26 Å². The average molecular weight is 620 g/mol. The number of nitrogens with one attached hydrogen (secondary N) is 1. The predicted molar refractivity (Wildman–Crippen MR) is 146 cm³/mol. The average Bonchev–Trinajstić information content (AvgIpc) is 3.61. The standard InChI is InChI=1S/C29H28F3N3O7S/c1-41-26(37)19-3-2-4-20(15-19)43(39,40)35-22-8-7-18(25(36)33-23-9-14-42-34-23)16-21(22)27(24(35)17-5-6-17)10-12-28(38,13-11-27)29(30,31)32/h2-4,7-9,14-17,24,38H,5-6,10-13H2,1H3,(H,33,34,36). The Morgan fingerprint density at radius 3 is 2.40 bits per heavy atom. The van der Waals surface area contributed by atoms with Gasteiger partial charge in [-0.25, -0.2) is 13.2 Å². The number of fused-ring (bicyclic) bond motifs is 2. The first-order valence-corrected chi connectivity index (χ1v) is 15.1. The number of ether oxygens (including phenoxy) is 1. The van der Waals surface area contributed by atoms with Crippen molar-refractivity contribution in [3.8, 4) is 0 Å². The minimum absolute atomic E-state index is 0.0217. The molecule has 1 aliphatic heterocycles. The Labute approximate surface area is 244 Å². The van der Waals surface area contributed by atoms with E-state index in [1.807, 2.05) is 0 Å². The van der Waals surface area contributed by atoms with Gasteiger partial charge in [0.05, 0.1) is 29.3 Å². The molecule has 14 heteroatoms. The molecule has 2 N–H and O–H groups in total. The van der Waals surface area contributed by atoms with Crippen molar-refractivity contribution in [1.29, 1.82) is 0 Å². The molecule has 3 aliphatic rings. The molecular formula is C29H28F3N3O7S. The van der Waals surface area contributed by atoms with Gasteiger partial charge in [-0.15, -0.1) is 0 Å². The number of aliphatic hydroxyl groups is 1. The first kappa shape index (κ1) is 29.2. The normalized spacial score (nSPS) is 25.4. The molecule has 1 spiro atoms. The monoisotopic (exact) mass is 619 g/mol. The largest absolute Gasteiger partial charge is 0.465 e. The van der Waals surface area contributed by atoms with Crippen LogP contribution in [-0.2, 0) is 20.2 Å². The highest BCUT2D eigenvalue weighted by Crippen LogP contribution is 2.62. The number of nitrogens with zero attached hydrogens (tertiary/aromatic N) is 2. The lowest BCUT2D eigenvalue weighted by molar-refractivity contribution is -0.273. The second kappa shape index (κ2) is 10.1. The van der Waals surface area contributed by atoms with Crippen molar-refractivity contribution in [2.45, 2.75) is 66.7 Å². The van der Waals surface area contributed by atoms with Crippen LogP contribution in [0.5, 0.6) is 0 Å². The van der Waals surface area contributed by atoms with Crippen molar-refractivity contribution >= 4 is 33.4 Å². The van der Waals surface area contributed by atoms with E-state index in [2.05, 4.69) is 10.5 Å². The third-order valence-corrected chi connectivity index (χ3v) is 10.7. The molecule has 2 aromatic carbocycles. The van der Waals surface area contributed by atoms with Crippen molar-refractivity contribution in [2.24, 2.45) is 5.92 Å². The van der Waals surface area contributed by atoms with Gasteiger partial charge in [0, 0.05) is 17.0 Å². The lowest BCUT2D eigenvalue weighted by atomic mass is 9.61. The molecule has 2 saturated carbocycles. The number of carbonyl (C=O) groups is 2. The number of alkyl halides is 3. The van der Waals surface area contributed by atoms with Crippen LogP contribution >= 0.6 is 0 Å². The maximum atomic E-state index is 14.4. The smallest absolute Gasteiger partial charge is 0.417 e. The second-order valence-corrected chi connectivity index (χ2v) is 13.2. The number of methoxy groups -OCH3 is 1. The summed E-state index contributed by atoms with van der Waals surface area (Å²) in [5.74, 6) is -1.30. The van der Waals surface area contributed by atoms with E-state index in [-0.39, 0.29) is 46.3 Å². The van der Waals surface area contributed by atoms with Crippen LogP contribution in [0, 0.1) is 5.92 Å². The first-order chi connectivity index (χ1) is 20.3. The Hall–Kier alpha value is -3.91. The van der Waals surface area contributed by atoms with E-state index in [0.29, 0.717) is 18.4 Å². The van der Waals surface area contributed by atoms with E-state index >= 15 is 0 Å². The highest BCUT2D eigenvalue weighted by atomic mass is 32.2. The fourth-order valence-electron chi connectivity index (χ4n) is 6.57. The van der Waals surface area contributed by atoms with Crippen LogP contribution in [0.1, 0.15) is 64.8 Å². The Bertz CT molecular complexity index is 1680. The Morgan fingerprint density at radius 2 is 1.79 bits per heavy atom. The predicted octanol–water partition coefficient (Wildman–Crippen LogP) is 4.81. The summed E-state index contributed by atoms with van der Waals surface area (Å²) >= 11 is 0. The third kappa shape index (κ3) is 4.76. The van der Waals surface area contributed by atoms with Gasteiger partial charge < -0.3 is 19.7 Å². The van der Waals surface area contributed by atoms with E-state index in [0.717, 1.165) is 0 Å². The molecule has 10 nitrogen and oxygen atoms in total. The van der Waals surface area contributed by atoms with Gasteiger partial charge >= 0.3 is 12.1 Å². The molecule has 1 unspecified atom stereocenters. The molecule has 43 heavy (non-hydrogen) atoms. The lowest BCUT2D eigenvalue weighted by Gasteiger charge is -2.47. The van der Waals surface area contributed by atoms with Crippen LogP contribution in [0.3, 0.4) is 0 Å². The SMILES string of the molecule is COC(=O)c1cccc(S(=O)(=O)N2c3ccc(C(=O)Nc4ccon4)cc3C3(CCC(O)(C(F)(F)F)CC3)C2C2CC2)c1. The van der Waals surface area contributed by atoms with Crippen LogP contribution in [-0.4, -0.2) is 55.5 Å².